The molecule has 2 aromatic carbocycles. The van der Waals surface area contributed by atoms with Gasteiger partial charge in [0.25, 0.3) is 0 Å². The van der Waals surface area contributed by atoms with Crippen LogP contribution in [-0.2, 0) is 6.54 Å². The lowest BCUT2D eigenvalue weighted by molar-refractivity contribution is 0.624. The van der Waals surface area contributed by atoms with Crippen LogP contribution >= 0.6 is 11.6 Å². The maximum atomic E-state index is 13.5. The Hall–Kier alpha value is -2.65. The Kier molecular flexibility index (Phi) is 3.79. The second kappa shape index (κ2) is 6.10. The zero-order chi connectivity index (χ0) is 16.5. The molecular formula is C20H14ClFN2. The summed E-state index contributed by atoms with van der Waals surface area (Å²) in [4.78, 5) is 4.48. The van der Waals surface area contributed by atoms with Crippen molar-refractivity contribution >= 4 is 22.6 Å². The van der Waals surface area contributed by atoms with Crippen LogP contribution in [0.5, 0.6) is 0 Å². The molecule has 0 amide bonds. The molecule has 0 saturated carbocycles. The average molecular weight is 337 g/mol. The zero-order valence-corrected chi connectivity index (χ0v) is 13.5. The van der Waals surface area contributed by atoms with Crippen LogP contribution in [0.3, 0.4) is 0 Å². The van der Waals surface area contributed by atoms with Crippen LogP contribution in [0.4, 0.5) is 4.39 Å². The van der Waals surface area contributed by atoms with Crippen molar-refractivity contribution < 1.29 is 4.39 Å². The molecule has 2 nitrogen and oxygen atoms in total. The molecule has 0 bridgehead atoms. The zero-order valence-electron chi connectivity index (χ0n) is 12.8. The molecule has 0 atom stereocenters. The van der Waals surface area contributed by atoms with Gasteiger partial charge in [0.05, 0.1) is 10.7 Å². The predicted molar refractivity (Wildman–Crippen MR) is 95.7 cm³/mol. The van der Waals surface area contributed by atoms with Crippen LogP contribution in [-0.4, -0.2) is 9.55 Å². The van der Waals surface area contributed by atoms with Crippen LogP contribution in [0.25, 0.3) is 22.3 Å². The van der Waals surface area contributed by atoms with Gasteiger partial charge in [0.2, 0.25) is 0 Å². The number of hydrogen-bond acceptors (Lipinski definition) is 1. The van der Waals surface area contributed by atoms with E-state index >= 15 is 0 Å². The summed E-state index contributed by atoms with van der Waals surface area (Å²) in [5.74, 6) is -0.235. The predicted octanol–water partition coefficient (Wildman–Crippen LogP) is 5.54. The molecule has 0 saturated heterocycles. The summed E-state index contributed by atoms with van der Waals surface area (Å²) >= 11 is 6.09. The maximum Gasteiger partial charge on any atom is 0.140 e. The first kappa shape index (κ1) is 14.9. The Balaban J connectivity index is 1.91. The number of pyridine rings is 1. The van der Waals surface area contributed by atoms with Crippen LogP contribution < -0.4 is 0 Å². The lowest BCUT2D eigenvalue weighted by Gasteiger charge is -2.11. The van der Waals surface area contributed by atoms with Gasteiger partial charge in [-0.15, -0.1) is 0 Å². The maximum absolute atomic E-state index is 13.5. The largest absolute Gasteiger partial charge is 0.321 e. The molecule has 4 rings (SSSR count). The van der Waals surface area contributed by atoms with Gasteiger partial charge >= 0.3 is 0 Å². The minimum atomic E-state index is -0.235. The number of hydrogen-bond donors (Lipinski definition) is 0. The average Bonchev–Trinajstić information content (AvgIpc) is 2.93. The van der Waals surface area contributed by atoms with Gasteiger partial charge in [-0.05, 0) is 35.4 Å². The minimum absolute atomic E-state index is 0.235. The molecule has 0 spiro atoms. The standard InChI is InChI=1S/C20H14ClFN2/c21-17-10-16-11-19(15-6-2-1-3-7-15)24(20(16)23-12-17)13-14-5-4-8-18(22)9-14/h1-12H,13H2. The highest BCUT2D eigenvalue weighted by Gasteiger charge is 2.13. The number of benzene rings is 2. The van der Waals surface area contributed by atoms with Gasteiger partial charge in [-0.3, -0.25) is 0 Å². The van der Waals surface area contributed by atoms with Crippen molar-refractivity contribution in [1.82, 2.24) is 9.55 Å². The fourth-order valence-corrected chi connectivity index (χ4v) is 3.11. The fraction of sp³-hybridized carbons (Fsp3) is 0.0500. The van der Waals surface area contributed by atoms with E-state index in [0.29, 0.717) is 11.6 Å². The van der Waals surface area contributed by atoms with Gasteiger partial charge in [-0.1, -0.05) is 54.1 Å². The van der Waals surface area contributed by atoms with Crippen molar-refractivity contribution in [1.29, 1.82) is 0 Å². The molecule has 2 heterocycles. The van der Waals surface area contributed by atoms with Crippen molar-refractivity contribution in [2.75, 3.05) is 0 Å². The molecule has 4 aromatic rings. The Morgan fingerprint density at radius 1 is 0.958 bits per heavy atom. The third-order valence-corrected chi connectivity index (χ3v) is 4.21. The molecule has 0 radical (unpaired) electrons. The molecule has 0 aliphatic heterocycles. The highest BCUT2D eigenvalue weighted by molar-refractivity contribution is 6.31. The lowest BCUT2D eigenvalue weighted by Crippen LogP contribution is -2.03. The Morgan fingerprint density at radius 2 is 1.79 bits per heavy atom. The summed E-state index contributed by atoms with van der Waals surface area (Å²) in [5.41, 5.74) is 3.84. The van der Waals surface area contributed by atoms with E-state index in [2.05, 4.69) is 27.8 Å². The minimum Gasteiger partial charge on any atom is -0.321 e. The fourth-order valence-electron chi connectivity index (χ4n) is 2.94. The normalized spacial score (nSPS) is 11.1. The van der Waals surface area contributed by atoms with Crippen molar-refractivity contribution in [2.24, 2.45) is 0 Å². The molecular weight excluding hydrogens is 323 g/mol. The van der Waals surface area contributed by atoms with Crippen LogP contribution in [0.1, 0.15) is 5.56 Å². The van der Waals surface area contributed by atoms with Crippen molar-refractivity contribution in [2.45, 2.75) is 6.54 Å². The van der Waals surface area contributed by atoms with E-state index in [1.807, 2.05) is 30.3 Å². The van der Waals surface area contributed by atoms with Gasteiger partial charge in [0, 0.05) is 18.1 Å². The van der Waals surface area contributed by atoms with Crippen molar-refractivity contribution in [3.8, 4) is 11.3 Å². The van der Waals surface area contributed by atoms with E-state index in [4.69, 9.17) is 11.6 Å². The van der Waals surface area contributed by atoms with Crippen molar-refractivity contribution in [3.05, 3.63) is 89.3 Å². The highest BCUT2D eigenvalue weighted by atomic mass is 35.5. The van der Waals surface area contributed by atoms with Crippen LogP contribution in [0, 0.1) is 5.82 Å². The van der Waals surface area contributed by atoms with Crippen LogP contribution in [0.15, 0.2) is 72.9 Å². The summed E-state index contributed by atoms with van der Waals surface area (Å²) in [6, 6.07) is 20.7. The van der Waals surface area contributed by atoms with E-state index in [1.54, 1.807) is 18.3 Å². The quantitative estimate of drug-likeness (QED) is 0.480. The Morgan fingerprint density at radius 3 is 2.58 bits per heavy atom. The third-order valence-electron chi connectivity index (χ3n) is 4.00. The molecule has 0 aliphatic carbocycles. The van der Waals surface area contributed by atoms with E-state index in [9.17, 15) is 4.39 Å². The molecule has 4 heteroatoms. The van der Waals surface area contributed by atoms with Gasteiger partial charge in [-0.2, -0.15) is 0 Å². The smallest absolute Gasteiger partial charge is 0.140 e. The monoisotopic (exact) mass is 336 g/mol. The molecule has 24 heavy (non-hydrogen) atoms. The molecule has 0 aliphatic rings. The van der Waals surface area contributed by atoms with E-state index in [-0.39, 0.29) is 5.82 Å². The number of aromatic nitrogens is 2. The SMILES string of the molecule is Fc1cccc(Cn2c(-c3ccccc3)cc3cc(Cl)cnc32)c1. The first-order chi connectivity index (χ1) is 11.7. The molecule has 2 aromatic heterocycles. The molecule has 0 unspecified atom stereocenters. The Labute approximate surface area is 144 Å². The number of nitrogens with zero attached hydrogens (tertiary/aromatic N) is 2. The second-order valence-electron chi connectivity index (χ2n) is 5.68. The second-order valence-corrected chi connectivity index (χ2v) is 6.11. The summed E-state index contributed by atoms with van der Waals surface area (Å²) in [5, 5.41) is 1.57. The summed E-state index contributed by atoms with van der Waals surface area (Å²) in [6.07, 6.45) is 1.64. The summed E-state index contributed by atoms with van der Waals surface area (Å²) < 4.78 is 15.6. The molecule has 118 valence electrons. The molecule has 0 fully saturated rings. The highest BCUT2D eigenvalue weighted by Crippen LogP contribution is 2.29. The van der Waals surface area contributed by atoms with Gasteiger partial charge in [0.15, 0.2) is 0 Å². The summed E-state index contributed by atoms with van der Waals surface area (Å²) in [6.45, 7) is 0.542. The third kappa shape index (κ3) is 2.79. The van der Waals surface area contributed by atoms with E-state index in [0.717, 1.165) is 27.9 Å². The first-order valence-electron chi connectivity index (χ1n) is 7.65. The number of halogens is 2. The van der Waals surface area contributed by atoms with Crippen molar-refractivity contribution in [3.63, 3.8) is 0 Å². The van der Waals surface area contributed by atoms with Gasteiger partial charge in [-0.25, -0.2) is 9.37 Å². The first-order valence-corrected chi connectivity index (χ1v) is 8.03. The van der Waals surface area contributed by atoms with E-state index in [1.165, 1.54) is 6.07 Å². The Bertz CT molecular complexity index is 1010. The van der Waals surface area contributed by atoms with Gasteiger partial charge in [0.1, 0.15) is 11.5 Å². The molecule has 0 N–H and O–H groups in total. The lowest BCUT2D eigenvalue weighted by atomic mass is 10.1. The number of rotatable bonds is 3. The summed E-state index contributed by atoms with van der Waals surface area (Å²) in [7, 11) is 0. The van der Waals surface area contributed by atoms with E-state index < -0.39 is 0 Å². The number of fused-ring (bicyclic) bond motifs is 1. The van der Waals surface area contributed by atoms with Gasteiger partial charge < -0.3 is 4.57 Å². The topological polar surface area (TPSA) is 17.8 Å². The van der Waals surface area contributed by atoms with Crippen LogP contribution in [0.2, 0.25) is 5.02 Å².